The Labute approximate surface area is 126 Å². The molecule has 1 fully saturated rings. The molecule has 5 heteroatoms. The number of aryl methyl sites for hydroxylation is 1. The van der Waals surface area contributed by atoms with Gasteiger partial charge in [0, 0.05) is 37.9 Å². The number of unbranched alkanes of at least 4 members (excludes halogenated alkanes) is 3. The number of aromatic hydroxyl groups is 1. The zero-order valence-corrected chi connectivity index (χ0v) is 12.9. The molecule has 0 atom stereocenters. The van der Waals surface area contributed by atoms with Crippen molar-refractivity contribution in [3.05, 3.63) is 28.2 Å². The third-order valence-electron chi connectivity index (χ3n) is 3.94. The van der Waals surface area contributed by atoms with Crippen LogP contribution < -0.4 is 5.43 Å². The van der Waals surface area contributed by atoms with Gasteiger partial charge < -0.3 is 14.4 Å². The van der Waals surface area contributed by atoms with E-state index in [9.17, 15) is 9.90 Å². The second-order valence-electron chi connectivity index (χ2n) is 5.66. The number of hydrogen-bond donors (Lipinski definition) is 1. The molecular weight excluding hydrogens is 268 g/mol. The number of aromatic nitrogens is 1. The molecule has 0 spiro atoms. The van der Waals surface area contributed by atoms with Gasteiger partial charge in [-0.1, -0.05) is 26.2 Å². The van der Waals surface area contributed by atoms with Crippen LogP contribution in [0.25, 0.3) is 0 Å². The molecular formula is C16H26N2O3. The van der Waals surface area contributed by atoms with E-state index in [1.165, 1.54) is 19.3 Å². The van der Waals surface area contributed by atoms with Crippen LogP contribution in [0, 0.1) is 0 Å². The van der Waals surface area contributed by atoms with Gasteiger partial charge in [0.1, 0.15) is 0 Å². The first-order valence-corrected chi connectivity index (χ1v) is 7.93. The van der Waals surface area contributed by atoms with E-state index in [0.29, 0.717) is 0 Å². The van der Waals surface area contributed by atoms with E-state index in [0.717, 1.165) is 51.5 Å². The molecule has 1 aromatic heterocycles. The maximum absolute atomic E-state index is 11.7. The SMILES string of the molecule is CCCCCCn1cc(O)c(=O)cc1CN1CCOCC1. The fourth-order valence-corrected chi connectivity index (χ4v) is 2.64. The molecule has 0 aliphatic carbocycles. The molecule has 0 radical (unpaired) electrons. The van der Waals surface area contributed by atoms with E-state index in [1.807, 2.05) is 4.57 Å². The van der Waals surface area contributed by atoms with Crippen molar-refractivity contribution in [3.8, 4) is 5.75 Å². The van der Waals surface area contributed by atoms with Crippen molar-refractivity contribution in [1.29, 1.82) is 0 Å². The molecule has 0 aromatic carbocycles. The zero-order chi connectivity index (χ0) is 15.1. The van der Waals surface area contributed by atoms with E-state index in [2.05, 4.69) is 11.8 Å². The van der Waals surface area contributed by atoms with Gasteiger partial charge in [-0.2, -0.15) is 0 Å². The highest BCUT2D eigenvalue weighted by Gasteiger charge is 2.14. The Morgan fingerprint density at radius 3 is 2.71 bits per heavy atom. The largest absolute Gasteiger partial charge is 0.503 e. The van der Waals surface area contributed by atoms with Gasteiger partial charge in [0.2, 0.25) is 5.43 Å². The van der Waals surface area contributed by atoms with E-state index < -0.39 is 0 Å². The highest BCUT2D eigenvalue weighted by molar-refractivity contribution is 5.20. The fourth-order valence-electron chi connectivity index (χ4n) is 2.64. The van der Waals surface area contributed by atoms with Gasteiger partial charge in [0.15, 0.2) is 5.75 Å². The number of morpholine rings is 1. The van der Waals surface area contributed by atoms with Crippen molar-refractivity contribution in [2.24, 2.45) is 0 Å². The Hall–Kier alpha value is -1.33. The summed E-state index contributed by atoms with van der Waals surface area (Å²) in [5, 5.41) is 9.67. The highest BCUT2D eigenvalue weighted by Crippen LogP contribution is 2.12. The molecule has 2 heterocycles. The quantitative estimate of drug-likeness (QED) is 0.781. The van der Waals surface area contributed by atoms with Crippen LogP contribution in [0.1, 0.15) is 38.3 Å². The van der Waals surface area contributed by atoms with Crippen molar-refractivity contribution < 1.29 is 9.84 Å². The van der Waals surface area contributed by atoms with Crippen molar-refractivity contribution in [3.63, 3.8) is 0 Å². The van der Waals surface area contributed by atoms with E-state index >= 15 is 0 Å². The van der Waals surface area contributed by atoms with Gasteiger partial charge in [-0.3, -0.25) is 9.69 Å². The minimum atomic E-state index is -0.289. The van der Waals surface area contributed by atoms with Gasteiger partial charge in [0.05, 0.1) is 19.4 Å². The lowest BCUT2D eigenvalue weighted by Gasteiger charge is -2.27. The smallest absolute Gasteiger partial charge is 0.223 e. The van der Waals surface area contributed by atoms with E-state index in [-0.39, 0.29) is 11.2 Å². The summed E-state index contributed by atoms with van der Waals surface area (Å²) in [5.74, 6) is -0.156. The number of pyridine rings is 1. The van der Waals surface area contributed by atoms with Crippen LogP contribution in [0.15, 0.2) is 17.1 Å². The van der Waals surface area contributed by atoms with E-state index in [4.69, 9.17) is 4.74 Å². The van der Waals surface area contributed by atoms with Crippen LogP contribution in [-0.2, 0) is 17.8 Å². The van der Waals surface area contributed by atoms with Crippen LogP contribution in [0.2, 0.25) is 0 Å². The average molecular weight is 294 g/mol. The standard InChI is InChI=1S/C16H26N2O3/c1-2-3-4-5-6-18-13-16(20)15(19)11-14(18)12-17-7-9-21-10-8-17/h11,13,20H,2-10,12H2,1H3. The Kier molecular flexibility index (Phi) is 6.26. The summed E-state index contributed by atoms with van der Waals surface area (Å²) in [6.45, 7) is 7.07. The van der Waals surface area contributed by atoms with Crippen molar-refractivity contribution in [2.45, 2.75) is 45.7 Å². The van der Waals surface area contributed by atoms with Crippen molar-refractivity contribution in [2.75, 3.05) is 26.3 Å². The molecule has 1 saturated heterocycles. The molecule has 118 valence electrons. The van der Waals surface area contributed by atoms with Gasteiger partial charge in [0.25, 0.3) is 0 Å². The summed E-state index contributed by atoms with van der Waals surface area (Å²) < 4.78 is 7.38. The maximum Gasteiger partial charge on any atom is 0.223 e. The summed E-state index contributed by atoms with van der Waals surface area (Å²) in [6, 6.07) is 1.57. The topological polar surface area (TPSA) is 54.7 Å². The average Bonchev–Trinajstić information content (AvgIpc) is 2.49. The molecule has 1 aliphatic heterocycles. The first-order valence-electron chi connectivity index (χ1n) is 7.93. The third kappa shape index (κ3) is 4.86. The lowest BCUT2D eigenvalue weighted by atomic mass is 10.2. The third-order valence-corrected chi connectivity index (χ3v) is 3.94. The molecule has 2 rings (SSSR count). The molecule has 21 heavy (non-hydrogen) atoms. The summed E-state index contributed by atoms with van der Waals surface area (Å²) in [5.41, 5.74) is 0.694. The van der Waals surface area contributed by atoms with Crippen LogP contribution in [0.4, 0.5) is 0 Å². The Balaban J connectivity index is 2.05. The number of ether oxygens (including phenoxy) is 1. The number of rotatable bonds is 7. The Morgan fingerprint density at radius 2 is 2.00 bits per heavy atom. The van der Waals surface area contributed by atoms with Crippen molar-refractivity contribution >= 4 is 0 Å². The number of nitrogens with zero attached hydrogens (tertiary/aromatic N) is 2. The Bertz CT molecular complexity index is 493. The summed E-state index contributed by atoms with van der Waals surface area (Å²) in [6.07, 6.45) is 6.28. The molecule has 0 saturated carbocycles. The van der Waals surface area contributed by atoms with Crippen LogP contribution >= 0.6 is 0 Å². The fraction of sp³-hybridized carbons (Fsp3) is 0.688. The molecule has 0 unspecified atom stereocenters. The summed E-state index contributed by atoms with van der Waals surface area (Å²) in [7, 11) is 0. The normalized spacial score (nSPS) is 16.2. The summed E-state index contributed by atoms with van der Waals surface area (Å²) in [4.78, 5) is 14.0. The second kappa shape index (κ2) is 8.20. The summed E-state index contributed by atoms with van der Waals surface area (Å²) >= 11 is 0. The van der Waals surface area contributed by atoms with Crippen LogP contribution in [0.5, 0.6) is 5.75 Å². The van der Waals surface area contributed by atoms with Gasteiger partial charge in [-0.05, 0) is 6.42 Å². The Morgan fingerprint density at radius 1 is 1.24 bits per heavy atom. The molecule has 0 amide bonds. The maximum atomic E-state index is 11.7. The van der Waals surface area contributed by atoms with Gasteiger partial charge >= 0.3 is 0 Å². The lowest BCUT2D eigenvalue weighted by molar-refractivity contribution is 0.0330. The number of hydrogen-bond acceptors (Lipinski definition) is 4. The highest BCUT2D eigenvalue weighted by atomic mass is 16.5. The molecule has 1 aromatic rings. The molecule has 1 N–H and O–H groups in total. The monoisotopic (exact) mass is 294 g/mol. The minimum Gasteiger partial charge on any atom is -0.503 e. The minimum absolute atomic E-state index is 0.156. The van der Waals surface area contributed by atoms with Crippen LogP contribution in [0.3, 0.4) is 0 Å². The van der Waals surface area contributed by atoms with Crippen LogP contribution in [-0.4, -0.2) is 40.9 Å². The molecule has 5 nitrogen and oxygen atoms in total. The molecule has 1 aliphatic rings. The molecule has 0 bridgehead atoms. The van der Waals surface area contributed by atoms with Gasteiger partial charge in [-0.15, -0.1) is 0 Å². The van der Waals surface area contributed by atoms with E-state index in [1.54, 1.807) is 12.3 Å². The predicted octanol–water partition coefficient (Wildman–Crippen LogP) is 1.97. The van der Waals surface area contributed by atoms with Crippen molar-refractivity contribution in [1.82, 2.24) is 9.47 Å². The lowest BCUT2D eigenvalue weighted by Crippen LogP contribution is -2.36. The van der Waals surface area contributed by atoms with Gasteiger partial charge in [-0.25, -0.2) is 0 Å². The predicted molar refractivity (Wildman–Crippen MR) is 82.6 cm³/mol. The first-order chi connectivity index (χ1) is 10.2. The first kappa shape index (κ1) is 16.0. The zero-order valence-electron chi connectivity index (χ0n) is 12.9. The second-order valence-corrected chi connectivity index (χ2v) is 5.66.